The Hall–Kier alpha value is -0.880. The van der Waals surface area contributed by atoms with Gasteiger partial charge in [-0.1, -0.05) is 13.0 Å². The van der Waals surface area contributed by atoms with Crippen molar-refractivity contribution in [1.82, 2.24) is 0 Å². The van der Waals surface area contributed by atoms with Crippen LogP contribution in [0.15, 0.2) is 11.0 Å². The molecule has 0 amide bonds. The molecule has 0 saturated heterocycles. The van der Waals surface area contributed by atoms with Crippen molar-refractivity contribution < 1.29 is 22.5 Å². The summed E-state index contributed by atoms with van der Waals surface area (Å²) < 4.78 is 26.6. The summed E-state index contributed by atoms with van der Waals surface area (Å²) in [6, 6.07) is 0. The third-order valence-corrected chi connectivity index (χ3v) is 2.61. The summed E-state index contributed by atoms with van der Waals surface area (Å²) in [5.74, 6) is -1.50. The van der Waals surface area contributed by atoms with Gasteiger partial charge in [-0.15, -0.1) is 0 Å². The van der Waals surface area contributed by atoms with Gasteiger partial charge in [0.25, 0.3) is 0 Å². The van der Waals surface area contributed by atoms with Crippen LogP contribution in [-0.4, -0.2) is 26.1 Å². The molecule has 0 aromatic rings. The first-order valence-corrected chi connectivity index (χ1v) is 5.15. The van der Waals surface area contributed by atoms with Gasteiger partial charge in [-0.05, 0) is 13.3 Å². The highest BCUT2D eigenvalue weighted by Crippen LogP contribution is 2.09. The molecule has 5 nitrogen and oxygen atoms in total. The fourth-order valence-electron chi connectivity index (χ4n) is 0.631. The maximum Gasteiger partial charge on any atom is 0.349 e. The van der Waals surface area contributed by atoms with E-state index in [2.05, 4.69) is 4.18 Å². The Bertz CT molecular complexity index is 301. The molecule has 6 heteroatoms. The summed E-state index contributed by atoms with van der Waals surface area (Å²) in [6.45, 7) is 3.05. The smallest absolute Gasteiger partial charge is 0.349 e. The Morgan fingerprint density at radius 2 is 2.08 bits per heavy atom. The van der Waals surface area contributed by atoms with E-state index in [0.29, 0.717) is 6.42 Å². The summed E-state index contributed by atoms with van der Waals surface area (Å²) in [6.07, 6.45) is 1.50. The molecule has 0 atom stereocenters. The SMILES string of the molecule is CC=C(C(=O)O)S(=O)(=O)OCCC. The number of carboxylic acid groups (broad SMARTS) is 1. The summed E-state index contributed by atoms with van der Waals surface area (Å²) >= 11 is 0. The zero-order valence-electron chi connectivity index (χ0n) is 7.48. The van der Waals surface area contributed by atoms with Crippen LogP contribution in [0.3, 0.4) is 0 Å². The van der Waals surface area contributed by atoms with Crippen LogP contribution in [0.1, 0.15) is 20.3 Å². The van der Waals surface area contributed by atoms with Crippen LogP contribution in [0.2, 0.25) is 0 Å². The molecule has 76 valence electrons. The van der Waals surface area contributed by atoms with E-state index >= 15 is 0 Å². The topological polar surface area (TPSA) is 80.7 Å². The van der Waals surface area contributed by atoms with E-state index in [4.69, 9.17) is 5.11 Å². The van der Waals surface area contributed by atoms with Crippen LogP contribution in [0.5, 0.6) is 0 Å². The van der Waals surface area contributed by atoms with E-state index in [1.54, 1.807) is 6.92 Å². The molecule has 0 saturated carbocycles. The molecular weight excluding hydrogens is 196 g/mol. The average Bonchev–Trinajstić information content (AvgIpc) is 2.01. The van der Waals surface area contributed by atoms with Crippen molar-refractivity contribution in [1.29, 1.82) is 0 Å². The fraction of sp³-hybridized carbons (Fsp3) is 0.571. The van der Waals surface area contributed by atoms with Crippen LogP contribution in [0.4, 0.5) is 0 Å². The van der Waals surface area contributed by atoms with Crippen LogP contribution in [-0.2, 0) is 19.1 Å². The van der Waals surface area contributed by atoms with Gasteiger partial charge in [0.15, 0.2) is 4.91 Å². The van der Waals surface area contributed by atoms with Gasteiger partial charge in [-0.3, -0.25) is 4.18 Å². The molecule has 0 heterocycles. The first kappa shape index (κ1) is 12.1. The van der Waals surface area contributed by atoms with Crippen molar-refractivity contribution in [3.05, 3.63) is 11.0 Å². The number of hydrogen-bond acceptors (Lipinski definition) is 4. The van der Waals surface area contributed by atoms with Crippen molar-refractivity contribution in [2.24, 2.45) is 0 Å². The summed E-state index contributed by atoms with van der Waals surface area (Å²) in [5.41, 5.74) is 0. The van der Waals surface area contributed by atoms with Crippen LogP contribution in [0, 0.1) is 0 Å². The second-order valence-electron chi connectivity index (χ2n) is 2.23. The molecule has 0 aromatic carbocycles. The van der Waals surface area contributed by atoms with Crippen LogP contribution >= 0.6 is 0 Å². The molecule has 0 aliphatic carbocycles. The number of hydrogen-bond donors (Lipinski definition) is 1. The molecule has 13 heavy (non-hydrogen) atoms. The Morgan fingerprint density at radius 1 is 1.54 bits per heavy atom. The molecular formula is C7H12O5S. The first-order chi connectivity index (χ1) is 5.95. The Balaban J connectivity index is 4.72. The molecule has 0 aromatic heterocycles. The lowest BCUT2D eigenvalue weighted by Gasteiger charge is -2.03. The Morgan fingerprint density at radius 3 is 2.38 bits per heavy atom. The average molecular weight is 208 g/mol. The van der Waals surface area contributed by atoms with E-state index in [1.807, 2.05) is 0 Å². The number of carbonyl (C=O) groups is 1. The van der Waals surface area contributed by atoms with E-state index < -0.39 is 21.0 Å². The van der Waals surface area contributed by atoms with E-state index in [9.17, 15) is 13.2 Å². The summed E-state index contributed by atoms with van der Waals surface area (Å²) in [4.78, 5) is 9.69. The van der Waals surface area contributed by atoms with Crippen molar-refractivity contribution in [3.8, 4) is 0 Å². The molecule has 0 fully saturated rings. The Kier molecular flexibility index (Phi) is 4.64. The molecule has 0 aliphatic heterocycles. The predicted octanol–water partition coefficient (Wildman–Crippen LogP) is 0.731. The predicted molar refractivity (Wildman–Crippen MR) is 46.6 cm³/mol. The second kappa shape index (κ2) is 4.98. The molecule has 0 spiro atoms. The maximum absolute atomic E-state index is 11.1. The van der Waals surface area contributed by atoms with Crippen LogP contribution < -0.4 is 0 Å². The van der Waals surface area contributed by atoms with Gasteiger partial charge < -0.3 is 5.11 Å². The molecule has 1 N–H and O–H groups in total. The Labute approximate surface area is 77.1 Å². The minimum absolute atomic E-state index is 0.00699. The number of carboxylic acids is 1. The van der Waals surface area contributed by atoms with Gasteiger partial charge >= 0.3 is 16.1 Å². The third kappa shape index (κ3) is 3.56. The van der Waals surface area contributed by atoms with Gasteiger partial charge in [0, 0.05) is 0 Å². The lowest BCUT2D eigenvalue weighted by molar-refractivity contribution is -0.131. The zero-order valence-corrected chi connectivity index (χ0v) is 8.30. The summed E-state index contributed by atoms with van der Waals surface area (Å²) in [5, 5.41) is 8.48. The van der Waals surface area contributed by atoms with Gasteiger partial charge in [0.05, 0.1) is 6.61 Å². The molecule has 0 bridgehead atoms. The molecule has 0 unspecified atom stereocenters. The largest absolute Gasteiger partial charge is 0.477 e. The number of allylic oxidation sites excluding steroid dienone is 1. The zero-order chi connectivity index (χ0) is 10.5. The van der Waals surface area contributed by atoms with Gasteiger partial charge in [-0.25, -0.2) is 4.79 Å². The van der Waals surface area contributed by atoms with E-state index in [0.717, 1.165) is 6.08 Å². The number of aliphatic carboxylic acids is 1. The third-order valence-electron chi connectivity index (χ3n) is 1.18. The van der Waals surface area contributed by atoms with Crippen molar-refractivity contribution in [3.63, 3.8) is 0 Å². The number of rotatable bonds is 5. The van der Waals surface area contributed by atoms with E-state index in [1.165, 1.54) is 6.92 Å². The molecule has 0 aliphatic rings. The van der Waals surface area contributed by atoms with Gasteiger partial charge in [0.2, 0.25) is 0 Å². The fourth-order valence-corrected chi connectivity index (χ4v) is 1.65. The lowest BCUT2D eigenvalue weighted by atomic mass is 10.5. The first-order valence-electron chi connectivity index (χ1n) is 3.74. The monoisotopic (exact) mass is 208 g/mol. The lowest BCUT2D eigenvalue weighted by Crippen LogP contribution is -2.16. The highest BCUT2D eigenvalue weighted by atomic mass is 32.2. The quantitative estimate of drug-likeness (QED) is 0.532. The summed E-state index contributed by atoms with van der Waals surface area (Å²) in [7, 11) is -4.07. The standard InChI is InChI=1S/C7H12O5S/c1-3-5-12-13(10,11)6(4-2)7(8)9/h4H,3,5H2,1-2H3,(H,8,9). The maximum atomic E-state index is 11.1. The van der Waals surface area contributed by atoms with Crippen LogP contribution in [0.25, 0.3) is 0 Å². The van der Waals surface area contributed by atoms with Crippen molar-refractivity contribution >= 4 is 16.1 Å². The second-order valence-corrected chi connectivity index (χ2v) is 3.82. The molecule has 0 radical (unpaired) electrons. The van der Waals surface area contributed by atoms with Crippen molar-refractivity contribution in [2.45, 2.75) is 20.3 Å². The normalized spacial score (nSPS) is 12.9. The van der Waals surface area contributed by atoms with E-state index in [-0.39, 0.29) is 6.61 Å². The minimum Gasteiger partial charge on any atom is -0.477 e. The minimum atomic E-state index is -4.07. The molecule has 0 rings (SSSR count). The highest BCUT2D eigenvalue weighted by Gasteiger charge is 2.23. The van der Waals surface area contributed by atoms with Gasteiger partial charge in [0.1, 0.15) is 0 Å². The van der Waals surface area contributed by atoms with Gasteiger partial charge in [-0.2, -0.15) is 8.42 Å². The highest BCUT2D eigenvalue weighted by molar-refractivity contribution is 7.91. The van der Waals surface area contributed by atoms with Crippen molar-refractivity contribution in [2.75, 3.05) is 6.61 Å².